The molecule has 0 fully saturated rings. The number of aryl methyl sites for hydroxylation is 1. The van der Waals surface area contributed by atoms with Crippen molar-refractivity contribution in [2.75, 3.05) is 17.6 Å². The van der Waals surface area contributed by atoms with E-state index in [1.165, 1.54) is 6.07 Å². The zero-order valence-corrected chi connectivity index (χ0v) is 8.35. The van der Waals surface area contributed by atoms with E-state index < -0.39 is 18.9 Å². The molecule has 0 aliphatic rings. The summed E-state index contributed by atoms with van der Waals surface area (Å²) in [6.45, 7) is 0.370. The van der Waals surface area contributed by atoms with Gasteiger partial charge in [-0.3, -0.25) is 0 Å². The maximum atomic E-state index is 12.5. The second-order valence-electron chi connectivity index (χ2n) is 3.17. The number of nitrogens with zero attached hydrogens (tertiary/aromatic N) is 2. The number of halogens is 4. The van der Waals surface area contributed by atoms with E-state index in [2.05, 4.69) is 15.3 Å². The fourth-order valence-corrected chi connectivity index (χ4v) is 0.968. The molecule has 1 rings (SSSR count). The van der Waals surface area contributed by atoms with Gasteiger partial charge in [0.2, 0.25) is 5.95 Å². The molecule has 0 atom stereocenters. The van der Waals surface area contributed by atoms with E-state index in [4.69, 9.17) is 5.73 Å². The van der Waals surface area contributed by atoms with Crippen LogP contribution in [0.15, 0.2) is 6.07 Å². The minimum atomic E-state index is -4.10. The van der Waals surface area contributed by atoms with Crippen LogP contribution < -0.4 is 11.1 Å². The molecule has 0 amide bonds. The molecule has 0 radical (unpaired) electrons. The average molecular weight is 238 g/mol. The van der Waals surface area contributed by atoms with Crippen LogP contribution in [0, 0.1) is 6.92 Å². The van der Waals surface area contributed by atoms with Crippen LogP contribution in [0.4, 0.5) is 29.3 Å². The molecule has 0 aliphatic heterocycles. The lowest BCUT2D eigenvalue weighted by Gasteiger charge is -2.16. The van der Waals surface area contributed by atoms with Crippen LogP contribution in [-0.4, -0.2) is 28.9 Å². The number of alkyl halides is 4. The van der Waals surface area contributed by atoms with E-state index in [0.717, 1.165) is 0 Å². The van der Waals surface area contributed by atoms with Gasteiger partial charge in [0, 0.05) is 11.8 Å². The molecule has 0 saturated carbocycles. The minimum Gasteiger partial charge on any atom is -0.368 e. The maximum absolute atomic E-state index is 12.5. The molecule has 16 heavy (non-hydrogen) atoms. The molecule has 90 valence electrons. The molecule has 8 heteroatoms. The standard InChI is InChI=1S/C8H10F4N4/c1-4-2-5(16-7(13)15-4)14-3-8(11,12)6(9)10/h2,6H,3H2,1H3,(H3,13,14,15,16). The SMILES string of the molecule is Cc1cc(NCC(F)(F)C(F)F)nc(N)n1. The summed E-state index contributed by atoms with van der Waals surface area (Å²) in [6, 6.07) is 1.33. The Morgan fingerprint density at radius 3 is 2.56 bits per heavy atom. The Morgan fingerprint density at radius 2 is 2.06 bits per heavy atom. The molecule has 3 N–H and O–H groups in total. The first kappa shape index (κ1) is 12.5. The Hall–Kier alpha value is -1.60. The largest absolute Gasteiger partial charge is 0.368 e. The summed E-state index contributed by atoms with van der Waals surface area (Å²) in [4.78, 5) is 7.28. The van der Waals surface area contributed by atoms with Gasteiger partial charge in [-0.2, -0.15) is 13.8 Å². The van der Waals surface area contributed by atoms with Gasteiger partial charge in [-0.05, 0) is 6.92 Å². The monoisotopic (exact) mass is 238 g/mol. The summed E-state index contributed by atoms with van der Waals surface area (Å²) in [5.41, 5.74) is 5.71. The van der Waals surface area contributed by atoms with Crippen molar-refractivity contribution in [3.8, 4) is 0 Å². The van der Waals surface area contributed by atoms with Gasteiger partial charge in [-0.1, -0.05) is 0 Å². The van der Waals surface area contributed by atoms with Crippen molar-refractivity contribution in [2.45, 2.75) is 19.3 Å². The van der Waals surface area contributed by atoms with E-state index in [9.17, 15) is 17.6 Å². The maximum Gasteiger partial charge on any atom is 0.324 e. The van der Waals surface area contributed by atoms with E-state index >= 15 is 0 Å². The van der Waals surface area contributed by atoms with Gasteiger partial charge in [0.1, 0.15) is 5.82 Å². The van der Waals surface area contributed by atoms with Gasteiger partial charge in [0.05, 0.1) is 6.54 Å². The van der Waals surface area contributed by atoms with Crippen LogP contribution in [0.25, 0.3) is 0 Å². The summed E-state index contributed by atoms with van der Waals surface area (Å²) in [5, 5.41) is 2.09. The molecule has 0 spiro atoms. The van der Waals surface area contributed by atoms with Crippen LogP contribution in [0.2, 0.25) is 0 Å². The number of rotatable bonds is 4. The number of anilines is 2. The van der Waals surface area contributed by atoms with E-state index in [1.807, 2.05) is 0 Å². The van der Waals surface area contributed by atoms with Crippen LogP contribution >= 0.6 is 0 Å². The van der Waals surface area contributed by atoms with Gasteiger partial charge in [-0.25, -0.2) is 13.8 Å². The second kappa shape index (κ2) is 4.50. The van der Waals surface area contributed by atoms with Crippen LogP contribution in [0.3, 0.4) is 0 Å². The summed E-state index contributed by atoms with van der Waals surface area (Å²) in [5.74, 6) is -4.22. The lowest BCUT2D eigenvalue weighted by atomic mass is 10.3. The van der Waals surface area contributed by atoms with Gasteiger partial charge in [-0.15, -0.1) is 0 Å². The molecular weight excluding hydrogens is 228 g/mol. The van der Waals surface area contributed by atoms with Crippen LogP contribution in [0.1, 0.15) is 5.69 Å². The molecule has 0 saturated heterocycles. The predicted octanol–water partition coefficient (Wildman–Crippen LogP) is 1.68. The van der Waals surface area contributed by atoms with Crippen molar-refractivity contribution in [1.82, 2.24) is 9.97 Å². The van der Waals surface area contributed by atoms with Crippen molar-refractivity contribution in [3.05, 3.63) is 11.8 Å². The van der Waals surface area contributed by atoms with Crippen LogP contribution in [0.5, 0.6) is 0 Å². The minimum absolute atomic E-state index is 0.00896. The number of hydrogen-bond acceptors (Lipinski definition) is 4. The second-order valence-corrected chi connectivity index (χ2v) is 3.17. The topological polar surface area (TPSA) is 63.8 Å². The molecular formula is C8H10F4N4. The van der Waals surface area contributed by atoms with Gasteiger partial charge in [0.25, 0.3) is 0 Å². The van der Waals surface area contributed by atoms with Crippen molar-refractivity contribution >= 4 is 11.8 Å². The number of nitrogens with two attached hydrogens (primary N) is 1. The first-order valence-electron chi connectivity index (χ1n) is 4.32. The molecule has 1 aromatic rings. The highest BCUT2D eigenvalue weighted by Gasteiger charge is 2.40. The van der Waals surface area contributed by atoms with Gasteiger partial charge >= 0.3 is 12.3 Å². The Morgan fingerprint density at radius 1 is 1.44 bits per heavy atom. The van der Waals surface area contributed by atoms with Crippen molar-refractivity contribution in [1.29, 1.82) is 0 Å². The van der Waals surface area contributed by atoms with E-state index in [1.54, 1.807) is 6.92 Å². The highest BCUT2D eigenvalue weighted by atomic mass is 19.3. The lowest BCUT2D eigenvalue weighted by Crippen LogP contribution is -2.35. The molecule has 1 aromatic heterocycles. The summed E-state index contributed by atoms with van der Waals surface area (Å²) < 4.78 is 48.7. The number of aromatic nitrogens is 2. The smallest absolute Gasteiger partial charge is 0.324 e. The molecule has 0 aliphatic carbocycles. The molecule has 4 nitrogen and oxygen atoms in total. The van der Waals surface area contributed by atoms with E-state index in [0.29, 0.717) is 5.69 Å². The Labute approximate surface area is 88.9 Å². The van der Waals surface area contributed by atoms with Gasteiger partial charge < -0.3 is 11.1 Å². The summed E-state index contributed by atoms with van der Waals surface area (Å²) in [6.07, 6.45) is -3.72. The van der Waals surface area contributed by atoms with Crippen molar-refractivity contribution in [2.24, 2.45) is 0 Å². The quantitative estimate of drug-likeness (QED) is 0.783. The Kier molecular flexibility index (Phi) is 3.51. The third kappa shape index (κ3) is 3.21. The normalized spacial score (nSPS) is 11.9. The zero-order valence-electron chi connectivity index (χ0n) is 8.35. The lowest BCUT2D eigenvalue weighted by molar-refractivity contribution is -0.117. The van der Waals surface area contributed by atoms with Gasteiger partial charge in [0.15, 0.2) is 0 Å². The summed E-state index contributed by atoms with van der Waals surface area (Å²) >= 11 is 0. The van der Waals surface area contributed by atoms with E-state index in [-0.39, 0.29) is 11.8 Å². The molecule has 0 bridgehead atoms. The fourth-order valence-electron chi connectivity index (χ4n) is 0.968. The molecule has 0 unspecified atom stereocenters. The third-order valence-electron chi connectivity index (χ3n) is 1.70. The van der Waals surface area contributed by atoms with Crippen molar-refractivity contribution in [3.63, 3.8) is 0 Å². The Balaban J connectivity index is 2.68. The fraction of sp³-hybridized carbons (Fsp3) is 0.500. The number of nitrogen functional groups attached to an aromatic ring is 1. The first-order valence-corrected chi connectivity index (χ1v) is 4.32. The number of nitrogens with one attached hydrogen (secondary N) is 1. The molecule has 1 heterocycles. The summed E-state index contributed by atoms with van der Waals surface area (Å²) in [7, 11) is 0. The highest BCUT2D eigenvalue weighted by molar-refractivity contribution is 5.40. The Bertz CT molecular complexity index is 349. The average Bonchev–Trinajstić information content (AvgIpc) is 2.13. The first-order chi connectivity index (χ1) is 7.31. The van der Waals surface area contributed by atoms with Crippen molar-refractivity contribution < 1.29 is 17.6 Å². The molecule has 0 aromatic carbocycles. The third-order valence-corrected chi connectivity index (χ3v) is 1.70. The predicted molar refractivity (Wildman–Crippen MR) is 50.6 cm³/mol. The number of hydrogen-bond donors (Lipinski definition) is 2. The highest BCUT2D eigenvalue weighted by Crippen LogP contribution is 2.23. The zero-order chi connectivity index (χ0) is 12.3. The van der Waals surface area contributed by atoms with Crippen LogP contribution in [-0.2, 0) is 0 Å².